The molecule has 152 valence electrons. The summed E-state index contributed by atoms with van der Waals surface area (Å²) in [7, 11) is 0. The quantitative estimate of drug-likeness (QED) is 0.697. The van der Waals surface area contributed by atoms with Crippen LogP contribution in [0.4, 0.5) is 11.5 Å². The smallest absolute Gasteiger partial charge is 0.230 e. The van der Waals surface area contributed by atoms with Crippen LogP contribution in [0.3, 0.4) is 0 Å². The largest absolute Gasteiger partial charge is 0.312 e. The summed E-state index contributed by atoms with van der Waals surface area (Å²) in [4.78, 5) is 27.4. The Morgan fingerprint density at radius 2 is 1.83 bits per heavy atom. The molecule has 6 nitrogen and oxygen atoms in total. The van der Waals surface area contributed by atoms with Gasteiger partial charge in [0.2, 0.25) is 11.8 Å². The third-order valence-corrected chi connectivity index (χ3v) is 6.61. The Bertz CT molecular complexity index is 1110. The molecule has 1 saturated heterocycles. The number of hydrogen-bond donors (Lipinski definition) is 1. The Morgan fingerprint density at radius 1 is 1.07 bits per heavy atom. The van der Waals surface area contributed by atoms with Crippen LogP contribution in [-0.2, 0) is 21.1 Å². The lowest BCUT2D eigenvalue weighted by Gasteiger charge is -2.17. The van der Waals surface area contributed by atoms with Gasteiger partial charge in [0.15, 0.2) is 0 Å². The molecule has 0 aliphatic carbocycles. The van der Waals surface area contributed by atoms with E-state index in [9.17, 15) is 9.59 Å². The standard InChI is InChI=1S/C23H22N4O2S/c1-15-7-9-18(10-8-15)27-22(19-13-30-14-20(19)25-27)24-23(29)16-11-21(28)26(12-16)17-5-3-2-4-6-17/h2-10,16H,11-14H2,1H3,(H,24,29)/t16-/m0/s1. The Morgan fingerprint density at radius 3 is 2.60 bits per heavy atom. The van der Waals surface area contributed by atoms with E-state index >= 15 is 0 Å². The summed E-state index contributed by atoms with van der Waals surface area (Å²) in [6.07, 6.45) is 0.219. The molecule has 1 aromatic heterocycles. The second-order valence-corrected chi connectivity index (χ2v) is 8.73. The van der Waals surface area contributed by atoms with Gasteiger partial charge in [-0.3, -0.25) is 9.59 Å². The molecule has 2 aromatic carbocycles. The van der Waals surface area contributed by atoms with Crippen molar-refractivity contribution in [1.29, 1.82) is 0 Å². The van der Waals surface area contributed by atoms with Gasteiger partial charge >= 0.3 is 0 Å². The van der Waals surface area contributed by atoms with Crippen LogP contribution in [0.2, 0.25) is 0 Å². The van der Waals surface area contributed by atoms with Gasteiger partial charge in [0, 0.05) is 35.7 Å². The molecule has 2 amide bonds. The number of carbonyl (C=O) groups is 2. The second kappa shape index (κ2) is 7.65. The van der Waals surface area contributed by atoms with E-state index in [2.05, 4.69) is 5.32 Å². The summed E-state index contributed by atoms with van der Waals surface area (Å²) in [5, 5.41) is 7.86. The average Bonchev–Trinajstić information content (AvgIpc) is 3.45. The number of aryl methyl sites for hydroxylation is 1. The van der Waals surface area contributed by atoms with Gasteiger partial charge in [0.05, 0.1) is 17.3 Å². The molecular weight excluding hydrogens is 396 g/mol. The van der Waals surface area contributed by atoms with Crippen LogP contribution < -0.4 is 10.2 Å². The first-order valence-corrected chi connectivity index (χ1v) is 11.2. The third-order valence-electron chi connectivity index (χ3n) is 5.64. The molecule has 0 spiro atoms. The first-order valence-electron chi connectivity index (χ1n) is 10.0. The summed E-state index contributed by atoms with van der Waals surface area (Å²) in [6.45, 7) is 2.44. The van der Waals surface area contributed by atoms with E-state index in [-0.39, 0.29) is 24.2 Å². The molecule has 30 heavy (non-hydrogen) atoms. The van der Waals surface area contributed by atoms with Gasteiger partial charge in [-0.1, -0.05) is 35.9 Å². The van der Waals surface area contributed by atoms with Crippen molar-refractivity contribution in [2.75, 3.05) is 16.8 Å². The van der Waals surface area contributed by atoms with Crippen LogP contribution in [0.1, 0.15) is 23.2 Å². The predicted octanol–water partition coefficient (Wildman–Crippen LogP) is 3.92. The molecule has 2 aliphatic heterocycles. The average molecular weight is 419 g/mol. The molecule has 0 unspecified atom stereocenters. The first kappa shape index (κ1) is 18.9. The van der Waals surface area contributed by atoms with E-state index in [4.69, 9.17) is 5.10 Å². The summed E-state index contributed by atoms with van der Waals surface area (Å²) < 4.78 is 1.83. The first-order chi connectivity index (χ1) is 14.6. The Hall–Kier alpha value is -3.06. The number of thioether (sulfide) groups is 1. The van der Waals surface area contributed by atoms with Crippen LogP contribution in [0.15, 0.2) is 54.6 Å². The highest BCUT2D eigenvalue weighted by Gasteiger charge is 2.36. The molecule has 3 heterocycles. The number of benzene rings is 2. The minimum absolute atomic E-state index is 0.0193. The van der Waals surface area contributed by atoms with E-state index in [0.29, 0.717) is 6.54 Å². The zero-order chi connectivity index (χ0) is 20.7. The zero-order valence-electron chi connectivity index (χ0n) is 16.7. The fourth-order valence-electron chi connectivity index (χ4n) is 3.97. The summed E-state index contributed by atoms with van der Waals surface area (Å²) >= 11 is 1.80. The van der Waals surface area contributed by atoms with Crippen molar-refractivity contribution >= 4 is 35.1 Å². The maximum Gasteiger partial charge on any atom is 0.230 e. The van der Waals surface area contributed by atoms with E-state index in [1.54, 1.807) is 16.7 Å². The number of carbonyl (C=O) groups excluding carboxylic acids is 2. The molecule has 1 atom stereocenters. The maximum absolute atomic E-state index is 13.1. The van der Waals surface area contributed by atoms with Gasteiger partial charge in [-0.25, -0.2) is 4.68 Å². The monoisotopic (exact) mass is 418 g/mol. The molecular formula is C23H22N4O2S. The summed E-state index contributed by atoms with van der Waals surface area (Å²) in [5.74, 6) is 1.87. The Labute approximate surface area is 179 Å². The van der Waals surface area contributed by atoms with E-state index in [1.165, 1.54) is 5.56 Å². The van der Waals surface area contributed by atoms with Crippen molar-refractivity contribution in [3.05, 3.63) is 71.4 Å². The number of nitrogens with one attached hydrogen (secondary N) is 1. The Balaban J connectivity index is 1.40. The number of para-hydroxylation sites is 1. The second-order valence-electron chi connectivity index (χ2n) is 7.74. The van der Waals surface area contributed by atoms with Crippen LogP contribution in [-0.4, -0.2) is 28.1 Å². The lowest BCUT2D eigenvalue weighted by Crippen LogP contribution is -2.28. The molecule has 3 aromatic rings. The topological polar surface area (TPSA) is 67.2 Å². The van der Waals surface area contributed by atoms with Gasteiger partial charge in [-0.2, -0.15) is 16.9 Å². The highest BCUT2D eigenvalue weighted by molar-refractivity contribution is 7.98. The van der Waals surface area contributed by atoms with Gasteiger partial charge < -0.3 is 10.2 Å². The van der Waals surface area contributed by atoms with Crippen molar-refractivity contribution in [2.24, 2.45) is 5.92 Å². The number of anilines is 2. The fourth-order valence-corrected chi connectivity index (χ4v) is 5.01. The zero-order valence-corrected chi connectivity index (χ0v) is 17.5. The molecule has 5 rings (SSSR count). The number of hydrogen-bond acceptors (Lipinski definition) is 4. The van der Waals surface area contributed by atoms with Gasteiger partial charge in [-0.05, 0) is 31.2 Å². The highest BCUT2D eigenvalue weighted by Crippen LogP contribution is 2.36. The highest BCUT2D eigenvalue weighted by atomic mass is 32.2. The van der Waals surface area contributed by atoms with Crippen LogP contribution in [0.25, 0.3) is 5.69 Å². The van der Waals surface area contributed by atoms with Gasteiger partial charge in [-0.15, -0.1) is 0 Å². The molecule has 0 bridgehead atoms. The molecule has 1 fully saturated rings. The molecule has 2 aliphatic rings. The third kappa shape index (κ3) is 3.39. The normalized spacial score (nSPS) is 18.0. The number of nitrogens with zero attached hydrogens (tertiary/aromatic N) is 3. The van der Waals surface area contributed by atoms with Crippen molar-refractivity contribution in [1.82, 2.24) is 9.78 Å². The number of aromatic nitrogens is 2. The minimum atomic E-state index is -0.385. The number of amides is 2. The lowest BCUT2D eigenvalue weighted by molar-refractivity contribution is -0.122. The molecule has 7 heteroatoms. The Kier molecular flexibility index (Phi) is 4.83. The van der Waals surface area contributed by atoms with Crippen molar-refractivity contribution < 1.29 is 9.59 Å². The molecule has 1 N–H and O–H groups in total. The molecule has 0 radical (unpaired) electrons. The van der Waals surface area contributed by atoms with Crippen LogP contribution >= 0.6 is 11.8 Å². The predicted molar refractivity (Wildman–Crippen MR) is 119 cm³/mol. The lowest BCUT2D eigenvalue weighted by atomic mass is 10.1. The van der Waals surface area contributed by atoms with Crippen molar-refractivity contribution in [3.8, 4) is 5.69 Å². The van der Waals surface area contributed by atoms with E-state index < -0.39 is 0 Å². The summed E-state index contributed by atoms with van der Waals surface area (Å²) in [5.41, 5.74) is 5.02. The summed E-state index contributed by atoms with van der Waals surface area (Å²) in [6, 6.07) is 17.6. The van der Waals surface area contributed by atoms with Crippen molar-refractivity contribution in [2.45, 2.75) is 24.9 Å². The van der Waals surface area contributed by atoms with Crippen LogP contribution in [0, 0.1) is 12.8 Å². The molecule has 0 saturated carbocycles. The van der Waals surface area contributed by atoms with Gasteiger partial charge in [0.25, 0.3) is 0 Å². The fraction of sp³-hybridized carbons (Fsp3) is 0.261. The van der Waals surface area contributed by atoms with E-state index in [0.717, 1.165) is 40.0 Å². The van der Waals surface area contributed by atoms with Crippen LogP contribution in [0.5, 0.6) is 0 Å². The van der Waals surface area contributed by atoms with Crippen molar-refractivity contribution in [3.63, 3.8) is 0 Å². The maximum atomic E-state index is 13.1. The SMILES string of the molecule is Cc1ccc(-n2nc3c(c2NC(=O)[C@H]2CC(=O)N(c4ccccc4)C2)CSC3)cc1. The number of fused-ring (bicyclic) bond motifs is 1. The minimum Gasteiger partial charge on any atom is -0.312 e. The van der Waals surface area contributed by atoms with E-state index in [1.807, 2.05) is 66.2 Å². The number of rotatable bonds is 4. The van der Waals surface area contributed by atoms with Gasteiger partial charge in [0.1, 0.15) is 5.82 Å².